The van der Waals surface area contributed by atoms with Crippen LogP contribution in [0.5, 0.6) is 0 Å². The van der Waals surface area contributed by atoms with Crippen molar-refractivity contribution in [1.29, 1.82) is 0 Å². The molecule has 216 valence electrons. The molecule has 0 radical (unpaired) electrons. The van der Waals surface area contributed by atoms with E-state index in [9.17, 15) is 14.4 Å². The quantitative estimate of drug-likeness (QED) is 0.447. The molecule has 1 unspecified atom stereocenters. The first-order valence-electron chi connectivity index (χ1n) is 14.4. The summed E-state index contributed by atoms with van der Waals surface area (Å²) in [5, 5.41) is 10.5. The zero-order valence-corrected chi connectivity index (χ0v) is 24.1. The summed E-state index contributed by atoms with van der Waals surface area (Å²) in [6.07, 6.45) is 5.54. The van der Waals surface area contributed by atoms with E-state index in [1.54, 1.807) is 21.8 Å². The fourth-order valence-corrected chi connectivity index (χ4v) is 5.82. The minimum Gasteiger partial charge on any atom is -0.444 e. The number of hydrogen-bond acceptors (Lipinski definition) is 6. The summed E-state index contributed by atoms with van der Waals surface area (Å²) in [6, 6.07) is 6.34. The van der Waals surface area contributed by atoms with Gasteiger partial charge < -0.3 is 26.0 Å². The van der Waals surface area contributed by atoms with Gasteiger partial charge in [-0.1, -0.05) is 6.07 Å². The number of amides is 3. The molecular weight excluding hydrogens is 508 g/mol. The van der Waals surface area contributed by atoms with E-state index in [0.29, 0.717) is 36.3 Å². The van der Waals surface area contributed by atoms with Crippen LogP contribution in [0, 0.1) is 17.8 Å². The van der Waals surface area contributed by atoms with Gasteiger partial charge >= 0.3 is 6.09 Å². The number of ether oxygens (including phenoxy) is 1. The Balaban J connectivity index is 1.35. The van der Waals surface area contributed by atoms with Crippen LogP contribution in [0.4, 0.5) is 10.5 Å². The van der Waals surface area contributed by atoms with Crippen molar-refractivity contribution in [3.05, 3.63) is 47.3 Å². The molecule has 2 heterocycles. The molecule has 2 saturated carbocycles. The third kappa shape index (κ3) is 6.32. The van der Waals surface area contributed by atoms with Gasteiger partial charge in [-0.15, -0.1) is 0 Å². The number of fused-ring (bicyclic) bond motifs is 1. The lowest BCUT2D eigenvalue weighted by molar-refractivity contribution is -0.119. The lowest BCUT2D eigenvalue weighted by Crippen LogP contribution is -2.50. The molecule has 10 nitrogen and oxygen atoms in total. The van der Waals surface area contributed by atoms with Crippen molar-refractivity contribution < 1.29 is 19.1 Å². The van der Waals surface area contributed by atoms with E-state index in [-0.39, 0.29) is 29.8 Å². The number of carbonyl (C=O) groups is 3. The van der Waals surface area contributed by atoms with Crippen LogP contribution in [0.2, 0.25) is 0 Å². The maximum Gasteiger partial charge on any atom is 0.410 e. The van der Waals surface area contributed by atoms with Gasteiger partial charge in [0.15, 0.2) is 0 Å². The minimum atomic E-state index is -0.653. The number of hydrogen-bond donors (Lipinski definition) is 3. The van der Waals surface area contributed by atoms with Gasteiger partial charge in [-0.3, -0.25) is 14.3 Å². The molecule has 1 aliphatic heterocycles. The van der Waals surface area contributed by atoms with Crippen molar-refractivity contribution >= 4 is 23.6 Å². The molecular formula is C30H42N6O4. The molecule has 3 amide bonds. The van der Waals surface area contributed by atoms with Crippen LogP contribution in [0.25, 0.3) is 0 Å². The van der Waals surface area contributed by atoms with Gasteiger partial charge in [-0.25, -0.2) is 4.79 Å². The van der Waals surface area contributed by atoms with Crippen LogP contribution in [0.15, 0.2) is 30.5 Å². The fraction of sp³-hybridized carbons (Fsp3) is 0.600. The third-order valence-corrected chi connectivity index (χ3v) is 7.92. The third-order valence-electron chi connectivity index (χ3n) is 7.92. The highest BCUT2D eigenvalue weighted by Gasteiger charge is 2.48. The Kier molecular flexibility index (Phi) is 7.65. The first-order chi connectivity index (χ1) is 18.9. The predicted octanol–water partition coefficient (Wildman–Crippen LogP) is 4.39. The Bertz CT molecular complexity index is 1260. The number of carbonyl (C=O) groups excluding carboxylic acids is 3. The van der Waals surface area contributed by atoms with Gasteiger partial charge in [0.2, 0.25) is 5.91 Å². The summed E-state index contributed by atoms with van der Waals surface area (Å²) in [4.78, 5) is 41.6. The molecule has 2 aliphatic carbocycles. The summed E-state index contributed by atoms with van der Waals surface area (Å²) < 4.78 is 7.23. The van der Waals surface area contributed by atoms with Crippen molar-refractivity contribution in [3.8, 4) is 0 Å². The lowest BCUT2D eigenvalue weighted by Gasteiger charge is -2.34. The van der Waals surface area contributed by atoms with Gasteiger partial charge in [0.1, 0.15) is 17.3 Å². The average molecular weight is 551 g/mol. The summed E-state index contributed by atoms with van der Waals surface area (Å²) >= 11 is 0. The van der Waals surface area contributed by atoms with Crippen LogP contribution in [-0.4, -0.2) is 50.8 Å². The SMILES string of the molecule is CC(C)n1nccc1C(=O)N[C@H](C(=O)Nc1ccc2c(c1)CN(C(=O)OC(C)(C)C)CC2N)C(C1CC1)C1CC1. The smallest absolute Gasteiger partial charge is 0.410 e. The molecule has 1 aromatic carbocycles. The number of aromatic nitrogens is 2. The van der Waals surface area contributed by atoms with E-state index < -0.39 is 17.7 Å². The Morgan fingerprint density at radius 2 is 1.75 bits per heavy atom. The Morgan fingerprint density at radius 1 is 1.07 bits per heavy atom. The predicted molar refractivity (Wildman–Crippen MR) is 151 cm³/mol. The van der Waals surface area contributed by atoms with Gasteiger partial charge in [0, 0.05) is 37.1 Å². The first-order valence-corrected chi connectivity index (χ1v) is 14.4. The van der Waals surface area contributed by atoms with E-state index in [0.717, 1.165) is 36.8 Å². The van der Waals surface area contributed by atoms with E-state index in [2.05, 4.69) is 15.7 Å². The summed E-state index contributed by atoms with van der Waals surface area (Å²) in [5.74, 6) is 0.483. The van der Waals surface area contributed by atoms with Gasteiger partial charge in [0.25, 0.3) is 5.91 Å². The average Bonchev–Trinajstić information content (AvgIpc) is 3.81. The number of anilines is 1. The number of nitrogens with zero attached hydrogens (tertiary/aromatic N) is 3. The van der Waals surface area contributed by atoms with Gasteiger partial charge in [-0.05, 0) is 107 Å². The molecule has 3 aliphatic rings. The number of nitrogens with two attached hydrogens (primary N) is 1. The second-order valence-corrected chi connectivity index (χ2v) is 12.8. The largest absolute Gasteiger partial charge is 0.444 e. The van der Waals surface area contributed by atoms with Crippen LogP contribution >= 0.6 is 0 Å². The maximum absolute atomic E-state index is 13.8. The second kappa shape index (κ2) is 10.9. The summed E-state index contributed by atoms with van der Waals surface area (Å²) in [7, 11) is 0. The molecule has 0 bridgehead atoms. The van der Waals surface area contributed by atoms with Gasteiger partial charge in [-0.2, -0.15) is 5.10 Å². The molecule has 2 aromatic rings. The van der Waals surface area contributed by atoms with Gasteiger partial charge in [0.05, 0.1) is 0 Å². The molecule has 40 heavy (non-hydrogen) atoms. The first kappa shape index (κ1) is 28.1. The second-order valence-electron chi connectivity index (χ2n) is 12.8. The van der Waals surface area contributed by atoms with Crippen LogP contribution in [0.3, 0.4) is 0 Å². The molecule has 2 fully saturated rings. The van der Waals surface area contributed by atoms with E-state index in [1.165, 1.54) is 0 Å². The lowest BCUT2D eigenvalue weighted by atomic mass is 9.88. The standard InChI is InChI=1S/C30H42N6O4/c1-17(2)36-24(12-13-32-36)27(37)34-26(25(18-6-7-18)19-8-9-19)28(38)33-21-10-11-22-20(14-21)15-35(16-23(22)31)29(39)40-30(3,4)5/h10-14,17-19,23,25-26H,6-9,15-16,31H2,1-5H3,(H,33,38)(H,34,37)/t23?,26-/m0/s1. The van der Waals surface area contributed by atoms with Crippen molar-refractivity contribution in [3.63, 3.8) is 0 Å². The van der Waals surface area contributed by atoms with Crippen molar-refractivity contribution in [2.45, 2.75) is 90.6 Å². The zero-order chi connectivity index (χ0) is 28.8. The molecule has 5 rings (SSSR count). The molecule has 4 N–H and O–H groups in total. The normalized spacial score (nSPS) is 19.8. The fourth-order valence-electron chi connectivity index (χ4n) is 5.82. The number of nitrogens with one attached hydrogen (secondary N) is 2. The van der Waals surface area contributed by atoms with Crippen molar-refractivity contribution in [2.24, 2.45) is 23.5 Å². The zero-order valence-electron chi connectivity index (χ0n) is 24.1. The van der Waals surface area contributed by atoms with E-state index in [1.807, 2.05) is 52.8 Å². The Morgan fingerprint density at radius 3 is 2.35 bits per heavy atom. The summed E-state index contributed by atoms with van der Waals surface area (Å²) in [5.41, 5.74) is 8.66. The highest BCUT2D eigenvalue weighted by molar-refractivity contribution is 6.01. The van der Waals surface area contributed by atoms with Crippen LogP contribution in [0.1, 0.15) is 94.0 Å². The highest BCUT2D eigenvalue weighted by Crippen LogP contribution is 2.51. The van der Waals surface area contributed by atoms with E-state index in [4.69, 9.17) is 10.5 Å². The molecule has 0 spiro atoms. The van der Waals surface area contributed by atoms with Crippen LogP contribution < -0.4 is 16.4 Å². The van der Waals surface area contributed by atoms with E-state index >= 15 is 0 Å². The number of benzene rings is 1. The molecule has 2 atom stereocenters. The van der Waals surface area contributed by atoms with Crippen LogP contribution in [-0.2, 0) is 16.1 Å². The van der Waals surface area contributed by atoms with Crippen molar-refractivity contribution in [1.82, 2.24) is 20.0 Å². The maximum atomic E-state index is 13.8. The minimum absolute atomic E-state index is 0.0211. The molecule has 10 heteroatoms. The Hall–Kier alpha value is -3.40. The monoisotopic (exact) mass is 550 g/mol. The molecule has 1 aromatic heterocycles. The summed E-state index contributed by atoms with van der Waals surface area (Å²) in [6.45, 7) is 10.1. The topological polar surface area (TPSA) is 132 Å². The Labute approximate surface area is 236 Å². The van der Waals surface area contributed by atoms with Crippen molar-refractivity contribution in [2.75, 3.05) is 11.9 Å². The number of rotatable bonds is 8. The molecule has 0 saturated heterocycles. The highest BCUT2D eigenvalue weighted by atomic mass is 16.6.